The van der Waals surface area contributed by atoms with Crippen molar-refractivity contribution in [3.05, 3.63) is 18.2 Å². The predicted octanol–water partition coefficient (Wildman–Crippen LogP) is 1.11. The third-order valence-electron chi connectivity index (χ3n) is 2.19. The summed E-state index contributed by atoms with van der Waals surface area (Å²) in [5, 5.41) is 5.04. The molecule has 1 aromatic carbocycles. The van der Waals surface area contributed by atoms with E-state index in [1.165, 1.54) is 18.2 Å². The Kier molecular flexibility index (Phi) is 4.78. The Hall–Kier alpha value is -1.31. The van der Waals surface area contributed by atoms with E-state index in [0.29, 0.717) is 12.3 Å². The van der Waals surface area contributed by atoms with Crippen molar-refractivity contribution < 1.29 is 17.9 Å². The van der Waals surface area contributed by atoms with Crippen molar-refractivity contribution in [1.29, 1.82) is 0 Å². The molecule has 0 bridgehead atoms. The number of primary sulfonamides is 1. The molecular weight excluding hydrogens is 268 g/mol. The minimum atomic E-state index is -3.76. The molecule has 0 aliphatic heterocycles. The smallest absolute Gasteiger partial charge is 0.238 e. The van der Waals surface area contributed by atoms with E-state index in [-0.39, 0.29) is 22.9 Å². The van der Waals surface area contributed by atoms with Gasteiger partial charge in [-0.3, -0.25) is 0 Å². The fourth-order valence-corrected chi connectivity index (χ4v) is 1.85. The van der Waals surface area contributed by atoms with Gasteiger partial charge in [0.25, 0.3) is 0 Å². The minimum absolute atomic E-state index is 0.0339. The first kappa shape index (κ1) is 15.7. The van der Waals surface area contributed by atoms with Crippen LogP contribution in [0.3, 0.4) is 0 Å². The molecule has 0 amide bonds. The second-order valence-electron chi connectivity index (χ2n) is 5.05. The molecule has 0 saturated carbocycles. The van der Waals surface area contributed by atoms with E-state index in [1.807, 2.05) is 20.8 Å². The highest BCUT2D eigenvalue weighted by Crippen LogP contribution is 2.24. The molecule has 0 saturated heterocycles. The van der Waals surface area contributed by atoms with Gasteiger partial charge in [0.1, 0.15) is 12.4 Å². The van der Waals surface area contributed by atoms with Crippen LogP contribution in [0.15, 0.2) is 23.1 Å². The molecule has 0 spiro atoms. The Bertz CT molecular complexity index is 535. The van der Waals surface area contributed by atoms with Gasteiger partial charge in [-0.1, -0.05) is 0 Å². The topological polar surface area (TPSA) is 105 Å². The Morgan fingerprint density at radius 1 is 1.21 bits per heavy atom. The van der Waals surface area contributed by atoms with Gasteiger partial charge in [-0.05, 0) is 32.9 Å². The number of ether oxygens (including phenoxy) is 2. The van der Waals surface area contributed by atoms with Crippen molar-refractivity contribution in [2.24, 2.45) is 5.14 Å². The number of hydrogen-bond acceptors (Lipinski definition) is 5. The molecule has 6 nitrogen and oxygen atoms in total. The molecule has 108 valence electrons. The van der Waals surface area contributed by atoms with Crippen molar-refractivity contribution in [3.8, 4) is 5.75 Å². The predicted molar refractivity (Wildman–Crippen MR) is 73.4 cm³/mol. The Labute approximate surface area is 113 Å². The summed E-state index contributed by atoms with van der Waals surface area (Å²) < 4.78 is 33.3. The van der Waals surface area contributed by atoms with E-state index in [2.05, 4.69) is 0 Å². The molecule has 0 heterocycles. The van der Waals surface area contributed by atoms with E-state index in [4.69, 9.17) is 20.3 Å². The maximum Gasteiger partial charge on any atom is 0.238 e. The third-order valence-corrected chi connectivity index (χ3v) is 3.10. The maximum absolute atomic E-state index is 11.2. The van der Waals surface area contributed by atoms with Crippen LogP contribution in [-0.2, 0) is 14.8 Å². The maximum atomic E-state index is 11.2. The van der Waals surface area contributed by atoms with Gasteiger partial charge in [-0.25, -0.2) is 13.6 Å². The first-order chi connectivity index (χ1) is 8.59. The molecule has 0 atom stereocenters. The van der Waals surface area contributed by atoms with E-state index in [9.17, 15) is 8.42 Å². The number of benzene rings is 1. The standard InChI is InChI=1S/C12H20N2O4S/c1-12(2,3)18-7-6-17-11-8-9(19(14,15)16)4-5-10(11)13/h4-5,8H,6-7,13H2,1-3H3,(H2,14,15,16). The third kappa shape index (κ3) is 5.46. The normalized spacial score (nSPS) is 12.4. The summed E-state index contributed by atoms with van der Waals surface area (Å²) in [6, 6.07) is 4.09. The quantitative estimate of drug-likeness (QED) is 0.624. The van der Waals surface area contributed by atoms with Gasteiger partial charge in [0.2, 0.25) is 10.0 Å². The lowest BCUT2D eigenvalue weighted by Crippen LogP contribution is -2.22. The van der Waals surface area contributed by atoms with Gasteiger partial charge >= 0.3 is 0 Å². The van der Waals surface area contributed by atoms with Gasteiger partial charge in [0.05, 0.1) is 22.8 Å². The Balaban J connectivity index is 2.68. The summed E-state index contributed by atoms with van der Waals surface area (Å²) >= 11 is 0. The van der Waals surface area contributed by atoms with Gasteiger partial charge < -0.3 is 15.2 Å². The lowest BCUT2D eigenvalue weighted by Gasteiger charge is -2.19. The molecule has 0 unspecified atom stereocenters. The van der Waals surface area contributed by atoms with Crippen molar-refractivity contribution in [3.63, 3.8) is 0 Å². The second kappa shape index (κ2) is 5.77. The fraction of sp³-hybridized carbons (Fsp3) is 0.500. The number of anilines is 1. The fourth-order valence-electron chi connectivity index (χ4n) is 1.32. The van der Waals surface area contributed by atoms with Crippen LogP contribution in [-0.4, -0.2) is 27.2 Å². The number of hydrogen-bond donors (Lipinski definition) is 2. The van der Waals surface area contributed by atoms with E-state index < -0.39 is 10.0 Å². The molecule has 0 aliphatic carbocycles. The summed E-state index contributed by atoms with van der Waals surface area (Å²) in [6.45, 7) is 6.45. The molecule has 0 radical (unpaired) electrons. The zero-order valence-corrected chi connectivity index (χ0v) is 12.2. The summed E-state index contributed by atoms with van der Waals surface area (Å²) in [5.74, 6) is 0.282. The highest BCUT2D eigenvalue weighted by molar-refractivity contribution is 7.89. The van der Waals surface area contributed by atoms with Crippen molar-refractivity contribution in [2.75, 3.05) is 18.9 Å². The molecule has 19 heavy (non-hydrogen) atoms. The number of sulfonamides is 1. The van der Waals surface area contributed by atoms with Crippen LogP contribution < -0.4 is 15.6 Å². The van der Waals surface area contributed by atoms with Crippen LogP contribution in [0.2, 0.25) is 0 Å². The number of rotatable bonds is 5. The highest BCUT2D eigenvalue weighted by Gasteiger charge is 2.12. The van der Waals surface area contributed by atoms with Crippen LogP contribution in [0.5, 0.6) is 5.75 Å². The molecule has 0 aromatic heterocycles. The molecule has 7 heteroatoms. The summed E-state index contributed by atoms with van der Waals surface area (Å²) in [5.41, 5.74) is 5.80. The molecular formula is C12H20N2O4S. The van der Waals surface area contributed by atoms with Gasteiger partial charge in [-0.15, -0.1) is 0 Å². The zero-order chi connectivity index (χ0) is 14.7. The highest BCUT2D eigenvalue weighted by atomic mass is 32.2. The first-order valence-corrected chi connectivity index (χ1v) is 7.33. The van der Waals surface area contributed by atoms with E-state index >= 15 is 0 Å². The summed E-state index contributed by atoms with van der Waals surface area (Å²) in [7, 11) is -3.76. The van der Waals surface area contributed by atoms with Crippen LogP contribution >= 0.6 is 0 Å². The Morgan fingerprint density at radius 3 is 2.37 bits per heavy atom. The second-order valence-corrected chi connectivity index (χ2v) is 6.62. The van der Waals surface area contributed by atoms with Crippen molar-refractivity contribution in [1.82, 2.24) is 0 Å². The Morgan fingerprint density at radius 2 is 1.84 bits per heavy atom. The average Bonchev–Trinajstić information content (AvgIpc) is 2.23. The van der Waals surface area contributed by atoms with Gasteiger partial charge in [0.15, 0.2) is 0 Å². The largest absolute Gasteiger partial charge is 0.489 e. The van der Waals surface area contributed by atoms with Crippen LogP contribution in [0.1, 0.15) is 20.8 Å². The van der Waals surface area contributed by atoms with E-state index in [0.717, 1.165) is 0 Å². The molecule has 1 aromatic rings. The molecule has 4 N–H and O–H groups in total. The van der Waals surface area contributed by atoms with Gasteiger partial charge in [0, 0.05) is 6.07 Å². The monoisotopic (exact) mass is 288 g/mol. The number of nitrogens with two attached hydrogens (primary N) is 2. The van der Waals surface area contributed by atoms with Crippen molar-refractivity contribution in [2.45, 2.75) is 31.3 Å². The van der Waals surface area contributed by atoms with Crippen LogP contribution in [0, 0.1) is 0 Å². The zero-order valence-electron chi connectivity index (χ0n) is 11.3. The SMILES string of the molecule is CC(C)(C)OCCOc1cc(S(N)(=O)=O)ccc1N. The van der Waals surface area contributed by atoms with E-state index in [1.54, 1.807) is 0 Å². The van der Waals surface area contributed by atoms with Crippen LogP contribution in [0.4, 0.5) is 5.69 Å². The molecule has 1 rings (SSSR count). The lowest BCUT2D eigenvalue weighted by molar-refractivity contribution is -0.0162. The molecule has 0 fully saturated rings. The lowest BCUT2D eigenvalue weighted by atomic mass is 10.2. The van der Waals surface area contributed by atoms with Gasteiger partial charge in [-0.2, -0.15) is 0 Å². The summed E-state index contributed by atoms with van der Waals surface area (Å²) in [6.07, 6.45) is 0. The van der Waals surface area contributed by atoms with Crippen molar-refractivity contribution >= 4 is 15.7 Å². The summed E-state index contributed by atoms with van der Waals surface area (Å²) in [4.78, 5) is -0.0339. The molecule has 0 aliphatic rings. The van der Waals surface area contributed by atoms with Crippen LogP contribution in [0.25, 0.3) is 0 Å². The average molecular weight is 288 g/mol. The first-order valence-electron chi connectivity index (χ1n) is 5.79. The number of nitrogen functional groups attached to an aromatic ring is 1. The minimum Gasteiger partial charge on any atom is -0.489 e.